The van der Waals surface area contributed by atoms with Gasteiger partial charge in [-0.05, 0) is 60.4 Å². The molecule has 3 nitrogen and oxygen atoms in total. The van der Waals surface area contributed by atoms with Crippen molar-refractivity contribution in [3.63, 3.8) is 0 Å². The average molecular weight is 291 g/mol. The summed E-state index contributed by atoms with van der Waals surface area (Å²) in [4.78, 5) is 0. The largest absolute Gasteiger partial charge is 0.504 e. The average Bonchev–Trinajstić information content (AvgIpc) is 2.93. The molecule has 2 N–H and O–H groups in total. The number of nitrogens with one attached hydrogen (secondary N) is 1. The van der Waals surface area contributed by atoms with E-state index in [4.69, 9.17) is 4.74 Å². The second kappa shape index (κ2) is 7.31. The molecule has 0 aliphatic rings. The van der Waals surface area contributed by atoms with Crippen molar-refractivity contribution in [3.05, 3.63) is 46.2 Å². The number of ether oxygens (including phenoxy) is 1. The second-order valence-corrected chi connectivity index (χ2v) is 5.63. The summed E-state index contributed by atoms with van der Waals surface area (Å²) in [6.07, 6.45) is 1.03. The Bertz CT molecular complexity index is 525. The van der Waals surface area contributed by atoms with Crippen LogP contribution < -0.4 is 10.1 Å². The van der Waals surface area contributed by atoms with E-state index >= 15 is 0 Å². The third-order valence-corrected chi connectivity index (χ3v) is 3.83. The minimum absolute atomic E-state index is 0.196. The molecule has 0 bridgehead atoms. The quantitative estimate of drug-likeness (QED) is 0.819. The third kappa shape index (κ3) is 4.25. The van der Waals surface area contributed by atoms with E-state index in [1.165, 1.54) is 5.56 Å². The number of phenolic OH excluding ortho intramolecular Hbond substituents is 1. The molecule has 108 valence electrons. The topological polar surface area (TPSA) is 41.5 Å². The van der Waals surface area contributed by atoms with Crippen LogP contribution in [0.25, 0.3) is 0 Å². The molecular formula is C16H21NO2S. The number of phenols is 1. The second-order valence-electron chi connectivity index (χ2n) is 4.85. The molecule has 0 radical (unpaired) electrons. The fourth-order valence-corrected chi connectivity index (χ4v) is 2.75. The molecule has 1 atom stereocenters. The lowest BCUT2D eigenvalue weighted by Gasteiger charge is -2.14. The number of aromatic hydroxyl groups is 1. The molecule has 0 saturated heterocycles. The number of benzene rings is 1. The van der Waals surface area contributed by atoms with Gasteiger partial charge in [-0.3, -0.25) is 0 Å². The van der Waals surface area contributed by atoms with Crippen LogP contribution in [0.3, 0.4) is 0 Å². The van der Waals surface area contributed by atoms with E-state index in [9.17, 15) is 5.11 Å². The van der Waals surface area contributed by atoms with Crippen LogP contribution >= 0.6 is 11.3 Å². The highest BCUT2D eigenvalue weighted by Gasteiger charge is 2.06. The normalized spacial score (nSPS) is 12.3. The Hall–Kier alpha value is -1.52. The number of hydrogen-bond acceptors (Lipinski definition) is 4. The molecule has 1 heterocycles. The Kier molecular flexibility index (Phi) is 5.44. The predicted octanol–water partition coefficient (Wildman–Crippen LogP) is 3.57. The SMILES string of the molecule is CCOc1cc(CNC(C)Cc2ccsc2)ccc1O. The minimum atomic E-state index is 0.196. The molecule has 0 saturated carbocycles. The fourth-order valence-electron chi connectivity index (χ4n) is 2.07. The smallest absolute Gasteiger partial charge is 0.161 e. The van der Waals surface area contributed by atoms with Crippen LogP contribution in [0.2, 0.25) is 0 Å². The molecule has 0 spiro atoms. The third-order valence-electron chi connectivity index (χ3n) is 3.10. The van der Waals surface area contributed by atoms with Gasteiger partial charge in [0.05, 0.1) is 6.61 Å². The Morgan fingerprint density at radius 2 is 2.15 bits per heavy atom. The van der Waals surface area contributed by atoms with Crippen LogP contribution in [0.5, 0.6) is 11.5 Å². The van der Waals surface area contributed by atoms with Crippen molar-refractivity contribution >= 4 is 11.3 Å². The molecule has 1 unspecified atom stereocenters. The first kappa shape index (κ1) is 14.9. The molecule has 0 aliphatic carbocycles. The lowest BCUT2D eigenvalue weighted by Crippen LogP contribution is -2.27. The van der Waals surface area contributed by atoms with Gasteiger partial charge < -0.3 is 15.2 Å². The van der Waals surface area contributed by atoms with Gasteiger partial charge in [0.1, 0.15) is 0 Å². The molecule has 0 aliphatic heterocycles. The van der Waals surface area contributed by atoms with E-state index in [-0.39, 0.29) is 5.75 Å². The van der Waals surface area contributed by atoms with Crippen molar-refractivity contribution < 1.29 is 9.84 Å². The van der Waals surface area contributed by atoms with Gasteiger partial charge in [-0.15, -0.1) is 0 Å². The van der Waals surface area contributed by atoms with Gasteiger partial charge in [-0.2, -0.15) is 11.3 Å². The van der Waals surface area contributed by atoms with Crippen LogP contribution in [-0.2, 0) is 13.0 Å². The molecule has 0 fully saturated rings. The molecule has 1 aromatic heterocycles. The lowest BCUT2D eigenvalue weighted by atomic mass is 10.1. The summed E-state index contributed by atoms with van der Waals surface area (Å²) in [5.41, 5.74) is 2.49. The van der Waals surface area contributed by atoms with Crippen molar-refractivity contribution in [1.29, 1.82) is 0 Å². The number of thiophene rings is 1. The number of hydrogen-bond donors (Lipinski definition) is 2. The van der Waals surface area contributed by atoms with Gasteiger partial charge in [0, 0.05) is 12.6 Å². The van der Waals surface area contributed by atoms with Crippen LogP contribution in [-0.4, -0.2) is 17.8 Å². The first-order valence-corrected chi connectivity index (χ1v) is 7.82. The van der Waals surface area contributed by atoms with Gasteiger partial charge >= 0.3 is 0 Å². The van der Waals surface area contributed by atoms with E-state index in [2.05, 4.69) is 29.1 Å². The maximum absolute atomic E-state index is 9.67. The molecular weight excluding hydrogens is 270 g/mol. The maximum atomic E-state index is 9.67. The number of rotatable bonds is 7. The zero-order chi connectivity index (χ0) is 14.4. The highest BCUT2D eigenvalue weighted by atomic mass is 32.1. The fraction of sp³-hybridized carbons (Fsp3) is 0.375. The summed E-state index contributed by atoms with van der Waals surface area (Å²) in [6.45, 7) is 5.42. The van der Waals surface area contributed by atoms with E-state index in [0.29, 0.717) is 18.4 Å². The highest BCUT2D eigenvalue weighted by molar-refractivity contribution is 7.07. The molecule has 4 heteroatoms. The maximum Gasteiger partial charge on any atom is 0.161 e. The molecule has 0 amide bonds. The molecule has 2 aromatic rings. The van der Waals surface area contributed by atoms with Crippen molar-refractivity contribution in [3.8, 4) is 11.5 Å². The highest BCUT2D eigenvalue weighted by Crippen LogP contribution is 2.26. The van der Waals surface area contributed by atoms with Crippen LogP contribution in [0.15, 0.2) is 35.0 Å². The van der Waals surface area contributed by atoms with E-state index < -0.39 is 0 Å². The lowest BCUT2D eigenvalue weighted by molar-refractivity contribution is 0.317. The Balaban J connectivity index is 1.88. The van der Waals surface area contributed by atoms with Gasteiger partial charge in [0.15, 0.2) is 11.5 Å². The van der Waals surface area contributed by atoms with Crippen LogP contribution in [0.1, 0.15) is 25.0 Å². The predicted molar refractivity (Wildman–Crippen MR) is 83.6 cm³/mol. The van der Waals surface area contributed by atoms with Crippen molar-refractivity contribution in [2.75, 3.05) is 6.61 Å². The summed E-state index contributed by atoms with van der Waals surface area (Å²) in [7, 11) is 0. The zero-order valence-electron chi connectivity index (χ0n) is 11.9. The Morgan fingerprint density at radius 1 is 1.30 bits per heavy atom. The van der Waals surface area contributed by atoms with Gasteiger partial charge in [0.25, 0.3) is 0 Å². The van der Waals surface area contributed by atoms with Crippen molar-refractivity contribution in [2.45, 2.75) is 32.9 Å². The first-order valence-electron chi connectivity index (χ1n) is 6.88. The molecule has 1 aromatic carbocycles. The van der Waals surface area contributed by atoms with E-state index in [0.717, 1.165) is 18.5 Å². The first-order chi connectivity index (χ1) is 9.69. The van der Waals surface area contributed by atoms with Gasteiger partial charge in [-0.1, -0.05) is 6.07 Å². The molecule has 2 rings (SSSR count). The van der Waals surface area contributed by atoms with E-state index in [1.807, 2.05) is 19.1 Å². The van der Waals surface area contributed by atoms with E-state index in [1.54, 1.807) is 17.4 Å². The Morgan fingerprint density at radius 3 is 2.85 bits per heavy atom. The summed E-state index contributed by atoms with van der Waals surface area (Å²) in [6, 6.07) is 8.07. The van der Waals surface area contributed by atoms with Crippen molar-refractivity contribution in [1.82, 2.24) is 5.32 Å². The van der Waals surface area contributed by atoms with Crippen LogP contribution in [0, 0.1) is 0 Å². The standard InChI is InChI=1S/C16H21NO2S/c1-3-19-16-9-13(4-5-15(16)18)10-17-12(2)8-14-6-7-20-11-14/h4-7,9,11-12,17-18H,3,8,10H2,1-2H3. The molecule has 20 heavy (non-hydrogen) atoms. The minimum Gasteiger partial charge on any atom is -0.504 e. The Labute approximate surface area is 124 Å². The van der Waals surface area contributed by atoms with Crippen LogP contribution in [0.4, 0.5) is 0 Å². The van der Waals surface area contributed by atoms with Gasteiger partial charge in [-0.25, -0.2) is 0 Å². The summed E-state index contributed by atoms with van der Waals surface area (Å²) in [5, 5.41) is 17.5. The van der Waals surface area contributed by atoms with Crippen molar-refractivity contribution in [2.24, 2.45) is 0 Å². The van der Waals surface area contributed by atoms with Gasteiger partial charge in [0.2, 0.25) is 0 Å². The zero-order valence-corrected chi connectivity index (χ0v) is 12.7. The summed E-state index contributed by atoms with van der Waals surface area (Å²) in [5.74, 6) is 0.749. The monoisotopic (exact) mass is 291 g/mol. The summed E-state index contributed by atoms with van der Waals surface area (Å²) < 4.78 is 5.39. The summed E-state index contributed by atoms with van der Waals surface area (Å²) >= 11 is 1.73.